The summed E-state index contributed by atoms with van der Waals surface area (Å²) in [5.74, 6) is 0. The van der Waals surface area contributed by atoms with Gasteiger partial charge in [0.1, 0.15) is 17.2 Å². The third-order valence-electron chi connectivity index (χ3n) is 6.96. The minimum Gasteiger partial charge on any atom is -0.744 e. The van der Waals surface area contributed by atoms with E-state index in [9.17, 15) is 13.0 Å². The number of nitrogens with zero attached hydrogens (tertiary/aromatic N) is 2. The number of benzene rings is 2. The Hall–Kier alpha value is -1.32. The van der Waals surface area contributed by atoms with Gasteiger partial charge in [0.15, 0.2) is 5.71 Å². The minimum absolute atomic E-state index is 0. The summed E-state index contributed by atoms with van der Waals surface area (Å²) in [5.41, 5.74) is 6.07. The third-order valence-corrected chi connectivity index (χ3v) is 7.80. The van der Waals surface area contributed by atoms with Crippen molar-refractivity contribution >= 4 is 27.2 Å². The summed E-state index contributed by atoms with van der Waals surface area (Å²) < 4.78 is 36.7. The molecular weight excluding hydrogens is 471 g/mol. The second-order valence-electron chi connectivity index (χ2n) is 9.70. The molecule has 0 saturated carbocycles. The van der Waals surface area contributed by atoms with Crippen molar-refractivity contribution in [3.8, 4) is 0 Å². The van der Waals surface area contributed by atoms with E-state index in [2.05, 4.69) is 55.8 Å². The molecule has 0 amide bonds. The second kappa shape index (κ2) is 9.62. The molecule has 4 rings (SSSR count). The molecule has 2 heterocycles. The van der Waals surface area contributed by atoms with Crippen molar-refractivity contribution in [2.45, 2.75) is 43.4 Å². The minimum atomic E-state index is -4.49. The fourth-order valence-electron chi connectivity index (χ4n) is 5.13. The number of hydrogen-bond acceptors (Lipinski definition) is 4. The molecule has 0 saturated heterocycles. The Morgan fingerprint density at radius 3 is 2.26 bits per heavy atom. The van der Waals surface area contributed by atoms with Crippen LogP contribution >= 0.6 is 0 Å². The number of fused-ring (bicyclic) bond motifs is 2. The number of likely N-dealkylation sites (N-methyl/N-ethyl adjacent to an activating group) is 1. The summed E-state index contributed by atoms with van der Waals surface area (Å²) in [6, 6.07) is 13.1. The van der Waals surface area contributed by atoms with Gasteiger partial charge in [-0.15, -0.1) is 0 Å². The van der Waals surface area contributed by atoms with E-state index in [4.69, 9.17) is 0 Å². The Morgan fingerprint density at radius 2 is 1.62 bits per heavy atom. The molecule has 0 radical (unpaired) electrons. The molecule has 2 aliphatic rings. The molecule has 0 N–H and O–H groups in total. The topological polar surface area (TPSA) is 63.5 Å². The Kier molecular flexibility index (Phi) is 7.71. The van der Waals surface area contributed by atoms with Gasteiger partial charge in [-0.05, 0) is 43.7 Å². The van der Waals surface area contributed by atoms with Gasteiger partial charge in [-0.3, -0.25) is 0 Å². The number of anilines is 1. The monoisotopic (exact) mass is 501 g/mol. The first-order chi connectivity index (χ1) is 15.4. The molecule has 34 heavy (non-hydrogen) atoms. The Bertz CT molecular complexity index is 1370. The van der Waals surface area contributed by atoms with Crippen molar-refractivity contribution < 1.29 is 68.9 Å². The van der Waals surface area contributed by atoms with E-state index in [1.807, 2.05) is 50.1 Å². The van der Waals surface area contributed by atoms with Gasteiger partial charge in [-0.25, -0.2) is 8.42 Å². The van der Waals surface area contributed by atoms with E-state index in [0.717, 1.165) is 16.9 Å². The summed E-state index contributed by atoms with van der Waals surface area (Å²) in [4.78, 5) is 1.85. The zero-order valence-corrected chi connectivity index (χ0v) is 24.9. The fourth-order valence-corrected chi connectivity index (χ4v) is 5.63. The van der Waals surface area contributed by atoms with Gasteiger partial charge in [0, 0.05) is 41.6 Å². The van der Waals surface area contributed by atoms with E-state index in [1.54, 1.807) is 6.07 Å². The normalized spacial score (nSPS) is 19.7. The van der Waals surface area contributed by atoms with Gasteiger partial charge >= 0.3 is 51.4 Å². The van der Waals surface area contributed by atoms with Crippen LogP contribution in [-0.4, -0.2) is 37.4 Å². The summed E-state index contributed by atoms with van der Waals surface area (Å²) in [6.07, 6.45) is 10.2. The Labute approximate surface area is 245 Å². The predicted octanol–water partition coefficient (Wildman–Crippen LogP) is 2.02. The average molecular weight is 502 g/mol. The van der Waals surface area contributed by atoms with Gasteiger partial charge in [-0.1, -0.05) is 50.3 Å². The molecule has 2 aliphatic heterocycles. The van der Waals surface area contributed by atoms with Crippen LogP contribution in [0.4, 0.5) is 11.4 Å². The first-order valence-electron chi connectivity index (χ1n) is 11.0. The first-order valence-corrected chi connectivity index (χ1v) is 12.4. The molecule has 0 aliphatic carbocycles. The fraction of sp³-hybridized carbons (Fsp3) is 0.296. The van der Waals surface area contributed by atoms with Crippen molar-refractivity contribution in [3.63, 3.8) is 0 Å². The standard InChI is InChI=1S/C27H30N2O3S.K/c1-26(2)20-12-10-11-13-22(20)28(5)24(26)14-8-7-9-15-25-27(3,4)21-18-19(33(30,31)32)16-17-23(21)29(25)6;/h7-18H,1-6H3;/q;+1. The van der Waals surface area contributed by atoms with Crippen LogP contribution in [0.15, 0.2) is 83.4 Å². The average Bonchev–Trinajstić information content (AvgIpc) is 3.06. The third kappa shape index (κ3) is 4.60. The largest absolute Gasteiger partial charge is 1.00 e. The maximum atomic E-state index is 11.5. The number of para-hydroxylation sites is 1. The molecular formula is C27H30KN2O3S+. The van der Waals surface area contributed by atoms with Crippen LogP contribution in [0.5, 0.6) is 0 Å². The molecule has 2 aromatic rings. The summed E-state index contributed by atoms with van der Waals surface area (Å²) in [7, 11) is -0.438. The van der Waals surface area contributed by atoms with E-state index >= 15 is 0 Å². The van der Waals surface area contributed by atoms with Crippen molar-refractivity contribution in [2.24, 2.45) is 0 Å². The zero-order valence-electron chi connectivity index (χ0n) is 21.0. The first kappa shape index (κ1) is 27.3. The molecule has 0 aromatic heterocycles. The van der Waals surface area contributed by atoms with E-state index in [1.165, 1.54) is 29.1 Å². The van der Waals surface area contributed by atoms with Crippen LogP contribution in [-0.2, 0) is 20.9 Å². The maximum absolute atomic E-state index is 11.5. The van der Waals surface area contributed by atoms with Crippen LogP contribution in [0.1, 0.15) is 38.8 Å². The quantitative estimate of drug-likeness (QED) is 0.278. The van der Waals surface area contributed by atoms with Crippen LogP contribution in [0.2, 0.25) is 0 Å². The van der Waals surface area contributed by atoms with Gasteiger partial charge < -0.3 is 9.45 Å². The molecule has 0 bridgehead atoms. The number of allylic oxidation sites excluding steroid dienone is 6. The van der Waals surface area contributed by atoms with Crippen LogP contribution in [0, 0.1) is 0 Å². The molecule has 172 valence electrons. The molecule has 0 fully saturated rings. The van der Waals surface area contributed by atoms with Crippen LogP contribution in [0.3, 0.4) is 0 Å². The van der Waals surface area contributed by atoms with Crippen LogP contribution < -0.4 is 56.3 Å². The van der Waals surface area contributed by atoms with Crippen LogP contribution in [0.25, 0.3) is 0 Å². The molecule has 0 spiro atoms. The molecule has 2 aromatic carbocycles. The Morgan fingerprint density at radius 1 is 0.941 bits per heavy atom. The van der Waals surface area contributed by atoms with Crippen molar-refractivity contribution in [3.05, 3.63) is 89.7 Å². The SMILES string of the molecule is CN1\C(=C/C=C/C=C\C2=[N+](C)c3ccccc3C2(C)C)C(C)(C)c2cc(S(=O)(=O)[O-])ccc21.[K+]. The van der Waals surface area contributed by atoms with E-state index in [-0.39, 0.29) is 61.7 Å². The van der Waals surface area contributed by atoms with Gasteiger partial charge in [0.05, 0.1) is 10.3 Å². The smallest absolute Gasteiger partial charge is 0.744 e. The predicted molar refractivity (Wildman–Crippen MR) is 133 cm³/mol. The van der Waals surface area contributed by atoms with E-state index in [0.29, 0.717) is 0 Å². The van der Waals surface area contributed by atoms with Crippen molar-refractivity contribution in [1.82, 2.24) is 0 Å². The summed E-state index contributed by atoms with van der Waals surface area (Å²) in [6.45, 7) is 8.55. The molecule has 7 heteroatoms. The van der Waals surface area contributed by atoms with Crippen molar-refractivity contribution in [1.29, 1.82) is 0 Å². The molecule has 0 atom stereocenters. The second-order valence-corrected chi connectivity index (χ2v) is 11.1. The molecule has 0 unspecified atom stereocenters. The maximum Gasteiger partial charge on any atom is 1.00 e. The number of rotatable bonds is 4. The zero-order chi connectivity index (χ0) is 24.2. The van der Waals surface area contributed by atoms with E-state index < -0.39 is 15.5 Å². The van der Waals surface area contributed by atoms with Gasteiger partial charge in [-0.2, -0.15) is 4.58 Å². The summed E-state index contributed by atoms with van der Waals surface area (Å²) in [5, 5.41) is 0. The van der Waals surface area contributed by atoms with Gasteiger partial charge in [0.25, 0.3) is 0 Å². The molecule has 5 nitrogen and oxygen atoms in total. The Balaban J connectivity index is 0.00000324. The summed E-state index contributed by atoms with van der Waals surface area (Å²) >= 11 is 0. The number of hydrogen-bond donors (Lipinski definition) is 0. The van der Waals surface area contributed by atoms with Crippen molar-refractivity contribution in [2.75, 3.05) is 19.0 Å². The van der Waals surface area contributed by atoms with Gasteiger partial charge in [0.2, 0.25) is 5.69 Å².